The van der Waals surface area contributed by atoms with Crippen LogP contribution in [0.1, 0.15) is 33.6 Å². The highest BCUT2D eigenvalue weighted by atomic mass is 14.6. The van der Waals surface area contributed by atoms with Gasteiger partial charge in [0.1, 0.15) is 0 Å². The summed E-state index contributed by atoms with van der Waals surface area (Å²) in [7, 11) is 0. The second kappa shape index (κ2) is 1.78. The summed E-state index contributed by atoms with van der Waals surface area (Å²) in [5, 5.41) is 0. The number of hydrogen-bond donors (Lipinski definition) is 0. The number of hydrogen-bond acceptors (Lipinski definition) is 0. The Bertz CT molecular complexity index is 144. The van der Waals surface area contributed by atoms with E-state index >= 15 is 0 Å². The summed E-state index contributed by atoms with van der Waals surface area (Å²) in [6, 6.07) is 0. The maximum absolute atomic E-state index is 2.52. The van der Waals surface area contributed by atoms with Crippen molar-refractivity contribution < 1.29 is 0 Å². The van der Waals surface area contributed by atoms with Gasteiger partial charge in [-0.2, -0.15) is 0 Å². The molecule has 0 amide bonds. The predicted octanol–water partition coefficient (Wildman–Crippen LogP) is 2.89. The van der Waals surface area contributed by atoms with Crippen molar-refractivity contribution in [2.75, 3.05) is 0 Å². The second-order valence-electron chi connectivity index (χ2n) is 4.69. The van der Waals surface area contributed by atoms with E-state index in [9.17, 15) is 0 Å². The second-order valence-corrected chi connectivity index (χ2v) is 4.69. The monoisotopic (exact) mass is 137 g/mol. The van der Waals surface area contributed by atoms with E-state index in [2.05, 4.69) is 27.2 Å². The van der Waals surface area contributed by atoms with Gasteiger partial charge in [0, 0.05) is 0 Å². The maximum atomic E-state index is 2.52. The molecule has 0 unspecified atom stereocenters. The van der Waals surface area contributed by atoms with Crippen LogP contribution in [0.4, 0.5) is 0 Å². The Kier molecular flexibility index (Phi) is 1.19. The quantitative estimate of drug-likeness (QED) is 0.481. The molecule has 0 spiro atoms. The number of rotatable bonds is 0. The largest absolute Gasteiger partial charge is 0.0619 e. The van der Waals surface area contributed by atoms with Crippen LogP contribution in [-0.4, -0.2) is 0 Å². The fourth-order valence-corrected chi connectivity index (χ4v) is 2.89. The van der Waals surface area contributed by atoms with Crippen molar-refractivity contribution in [1.82, 2.24) is 0 Å². The molecular formula is C10H17. The third-order valence-corrected chi connectivity index (χ3v) is 3.97. The van der Waals surface area contributed by atoms with Crippen LogP contribution in [0.15, 0.2) is 0 Å². The molecule has 0 heterocycles. The molecule has 3 fully saturated rings. The van der Waals surface area contributed by atoms with Gasteiger partial charge < -0.3 is 0 Å². The minimum absolute atomic E-state index is 0.675. The van der Waals surface area contributed by atoms with Gasteiger partial charge >= 0.3 is 0 Å². The molecule has 0 aromatic heterocycles. The van der Waals surface area contributed by atoms with Gasteiger partial charge in [0.25, 0.3) is 0 Å². The van der Waals surface area contributed by atoms with Crippen LogP contribution >= 0.6 is 0 Å². The molecule has 0 aromatic rings. The normalized spacial score (nSPS) is 50.1. The lowest BCUT2D eigenvalue weighted by Crippen LogP contribution is -2.51. The van der Waals surface area contributed by atoms with Gasteiger partial charge in [0.15, 0.2) is 0 Å². The summed E-state index contributed by atoms with van der Waals surface area (Å²) in [6.45, 7) is 7.26. The number of fused-ring (bicyclic) bond motifs is 2. The van der Waals surface area contributed by atoms with E-state index in [-0.39, 0.29) is 0 Å². The highest BCUT2D eigenvalue weighted by Gasteiger charge is 2.52. The summed E-state index contributed by atoms with van der Waals surface area (Å²) in [4.78, 5) is 0. The SMILES string of the molecule is C[C@@H]1[CH]C[C@H]2C[C@H]1C2(C)C. The van der Waals surface area contributed by atoms with Crippen molar-refractivity contribution in [2.45, 2.75) is 33.6 Å². The third-order valence-electron chi connectivity index (χ3n) is 3.97. The van der Waals surface area contributed by atoms with Crippen LogP contribution in [0, 0.1) is 29.6 Å². The van der Waals surface area contributed by atoms with Gasteiger partial charge in [-0.05, 0) is 42.4 Å². The Morgan fingerprint density at radius 1 is 1.40 bits per heavy atom. The summed E-state index contributed by atoms with van der Waals surface area (Å²) in [5.74, 6) is 2.92. The summed E-state index contributed by atoms with van der Waals surface area (Å²) < 4.78 is 0. The van der Waals surface area contributed by atoms with Gasteiger partial charge in [-0.15, -0.1) is 0 Å². The standard InChI is InChI=1S/C10H17/c1-7-4-5-8-6-9(7)10(8,2)3/h4,7-9H,5-6H2,1-3H3/t7-,8+,9-/m1/s1. The minimum Gasteiger partial charge on any atom is -0.0619 e. The first-order chi connectivity index (χ1) is 4.62. The Morgan fingerprint density at radius 2 is 2.10 bits per heavy atom. The lowest BCUT2D eigenvalue weighted by atomic mass is 9.46. The lowest BCUT2D eigenvalue weighted by molar-refractivity contribution is -0.0750. The average molecular weight is 137 g/mol. The van der Waals surface area contributed by atoms with Crippen molar-refractivity contribution in [3.05, 3.63) is 6.42 Å². The van der Waals surface area contributed by atoms with Crippen LogP contribution in [0.2, 0.25) is 0 Å². The Morgan fingerprint density at radius 3 is 2.40 bits per heavy atom. The fraction of sp³-hybridized carbons (Fsp3) is 0.900. The van der Waals surface area contributed by atoms with Crippen molar-refractivity contribution in [1.29, 1.82) is 0 Å². The minimum atomic E-state index is 0.675. The van der Waals surface area contributed by atoms with E-state index in [0.717, 1.165) is 17.8 Å². The fourth-order valence-electron chi connectivity index (χ4n) is 2.89. The van der Waals surface area contributed by atoms with Gasteiger partial charge in [0.2, 0.25) is 0 Å². The Labute approximate surface area is 64.0 Å². The zero-order valence-corrected chi connectivity index (χ0v) is 7.22. The highest BCUT2D eigenvalue weighted by Crippen LogP contribution is 2.60. The molecule has 0 heteroatoms. The first kappa shape index (κ1) is 6.69. The van der Waals surface area contributed by atoms with Gasteiger partial charge in [-0.25, -0.2) is 0 Å². The molecule has 0 saturated heterocycles. The van der Waals surface area contributed by atoms with Gasteiger partial charge in [-0.3, -0.25) is 0 Å². The smallest absolute Gasteiger partial charge is 0.0295 e. The van der Waals surface area contributed by atoms with E-state index in [0.29, 0.717) is 5.41 Å². The molecular weight excluding hydrogens is 120 g/mol. The topological polar surface area (TPSA) is 0 Å². The van der Waals surface area contributed by atoms with E-state index in [1.165, 1.54) is 12.8 Å². The molecule has 3 rings (SSSR count). The van der Waals surface area contributed by atoms with Crippen molar-refractivity contribution in [2.24, 2.45) is 23.2 Å². The van der Waals surface area contributed by atoms with Gasteiger partial charge in [-0.1, -0.05) is 20.8 Å². The van der Waals surface area contributed by atoms with Crippen LogP contribution in [0.25, 0.3) is 0 Å². The van der Waals surface area contributed by atoms with Crippen molar-refractivity contribution in [3.8, 4) is 0 Å². The zero-order valence-electron chi connectivity index (χ0n) is 7.22. The van der Waals surface area contributed by atoms with E-state index in [4.69, 9.17) is 0 Å². The molecule has 3 atom stereocenters. The summed E-state index contributed by atoms with van der Waals surface area (Å²) in [5.41, 5.74) is 0.675. The molecule has 10 heavy (non-hydrogen) atoms. The van der Waals surface area contributed by atoms with Crippen LogP contribution in [-0.2, 0) is 0 Å². The first-order valence-corrected chi connectivity index (χ1v) is 4.45. The molecule has 57 valence electrons. The Balaban J connectivity index is 2.16. The molecule has 2 bridgehead atoms. The molecule has 0 aliphatic heterocycles. The van der Waals surface area contributed by atoms with Crippen molar-refractivity contribution >= 4 is 0 Å². The third kappa shape index (κ3) is 0.627. The van der Waals surface area contributed by atoms with Crippen LogP contribution in [0.5, 0.6) is 0 Å². The van der Waals surface area contributed by atoms with Crippen molar-refractivity contribution in [3.63, 3.8) is 0 Å². The Hall–Kier alpha value is 0. The maximum Gasteiger partial charge on any atom is -0.0295 e. The summed E-state index contributed by atoms with van der Waals surface area (Å²) in [6.07, 6.45) is 5.40. The van der Waals surface area contributed by atoms with E-state index in [1.54, 1.807) is 0 Å². The zero-order chi connectivity index (χ0) is 7.35. The highest BCUT2D eigenvalue weighted by molar-refractivity contribution is 5.07. The van der Waals surface area contributed by atoms with Gasteiger partial charge in [0.05, 0.1) is 0 Å². The molecule has 1 radical (unpaired) electrons. The predicted molar refractivity (Wildman–Crippen MR) is 43.5 cm³/mol. The molecule has 3 aliphatic carbocycles. The van der Waals surface area contributed by atoms with E-state index in [1.807, 2.05) is 0 Å². The van der Waals surface area contributed by atoms with Crippen LogP contribution < -0.4 is 0 Å². The molecule has 0 aromatic carbocycles. The summed E-state index contributed by atoms with van der Waals surface area (Å²) >= 11 is 0. The average Bonchev–Trinajstić information content (AvgIpc) is 1.87. The molecule has 0 N–H and O–H groups in total. The van der Waals surface area contributed by atoms with E-state index < -0.39 is 0 Å². The first-order valence-electron chi connectivity index (χ1n) is 4.45. The lowest BCUT2D eigenvalue weighted by Gasteiger charge is -2.59. The molecule has 3 aliphatic rings. The molecule has 0 nitrogen and oxygen atoms in total. The molecule has 3 saturated carbocycles. The van der Waals surface area contributed by atoms with Crippen LogP contribution in [0.3, 0.4) is 0 Å².